The summed E-state index contributed by atoms with van der Waals surface area (Å²) < 4.78 is 1.98. The predicted molar refractivity (Wildman–Crippen MR) is 98.6 cm³/mol. The molecule has 130 valence electrons. The van der Waals surface area contributed by atoms with Gasteiger partial charge in [-0.3, -0.25) is 9.69 Å². The number of urea groups is 1. The van der Waals surface area contributed by atoms with Gasteiger partial charge in [-0.05, 0) is 48.9 Å². The summed E-state index contributed by atoms with van der Waals surface area (Å²) >= 11 is 0. The van der Waals surface area contributed by atoms with Crippen LogP contribution in [0.3, 0.4) is 0 Å². The van der Waals surface area contributed by atoms with Gasteiger partial charge in [0.05, 0.1) is 0 Å². The molecule has 1 saturated heterocycles. The van der Waals surface area contributed by atoms with Crippen LogP contribution in [0.4, 0.5) is 10.5 Å². The van der Waals surface area contributed by atoms with Gasteiger partial charge in [-0.25, -0.2) is 4.79 Å². The van der Waals surface area contributed by atoms with Crippen LogP contribution in [0, 0.1) is 0 Å². The van der Waals surface area contributed by atoms with Crippen LogP contribution in [0.15, 0.2) is 48.3 Å². The van der Waals surface area contributed by atoms with Crippen molar-refractivity contribution in [3.8, 4) is 5.69 Å². The number of hydrogen-bond acceptors (Lipinski definition) is 3. The van der Waals surface area contributed by atoms with Crippen LogP contribution in [0.1, 0.15) is 19.0 Å². The number of benzene rings is 1. The van der Waals surface area contributed by atoms with Gasteiger partial charge in [0.25, 0.3) is 5.91 Å². The van der Waals surface area contributed by atoms with E-state index >= 15 is 0 Å². The molecule has 0 radical (unpaired) electrons. The Morgan fingerprint density at radius 1 is 1.12 bits per heavy atom. The number of carbonyl (C=O) groups is 2. The lowest BCUT2D eigenvalue weighted by Gasteiger charge is -2.14. The number of nitrogens with zero attached hydrogens (tertiary/aromatic N) is 3. The molecule has 3 rings (SSSR count). The maximum atomic E-state index is 12.4. The van der Waals surface area contributed by atoms with Gasteiger partial charge < -0.3 is 14.8 Å². The first-order chi connectivity index (χ1) is 12.0. The zero-order valence-electron chi connectivity index (χ0n) is 14.7. The minimum atomic E-state index is -0.355. The first-order valence-electron chi connectivity index (χ1n) is 8.31. The highest BCUT2D eigenvalue weighted by Gasteiger charge is 2.32. The fraction of sp³-hybridized carbons (Fsp3) is 0.263. The molecule has 1 aromatic carbocycles. The average Bonchev–Trinajstić information content (AvgIpc) is 3.16. The Morgan fingerprint density at radius 3 is 2.48 bits per heavy atom. The van der Waals surface area contributed by atoms with E-state index in [1.807, 2.05) is 73.1 Å². The topological polar surface area (TPSA) is 57.6 Å². The number of carbonyl (C=O) groups excluding carboxylic acids is 2. The molecule has 2 aromatic rings. The van der Waals surface area contributed by atoms with Gasteiger partial charge in [0.2, 0.25) is 0 Å². The molecule has 0 atom stereocenters. The van der Waals surface area contributed by atoms with Gasteiger partial charge in [0, 0.05) is 43.9 Å². The third-order valence-electron chi connectivity index (χ3n) is 4.13. The summed E-state index contributed by atoms with van der Waals surface area (Å²) in [5.74, 6) is -0.275. The fourth-order valence-corrected chi connectivity index (χ4v) is 2.80. The van der Waals surface area contributed by atoms with E-state index in [-0.39, 0.29) is 11.9 Å². The summed E-state index contributed by atoms with van der Waals surface area (Å²) in [6.45, 7) is 2.36. The minimum Gasteiger partial charge on any atom is -0.378 e. The summed E-state index contributed by atoms with van der Waals surface area (Å²) in [4.78, 5) is 27.6. The highest BCUT2D eigenvalue weighted by molar-refractivity contribution is 6.13. The van der Waals surface area contributed by atoms with Crippen molar-refractivity contribution in [3.05, 3.63) is 54.0 Å². The van der Waals surface area contributed by atoms with Crippen LogP contribution in [-0.2, 0) is 4.79 Å². The number of nitrogens with one attached hydrogen (secondary N) is 1. The van der Waals surface area contributed by atoms with Crippen LogP contribution in [0.5, 0.6) is 0 Å². The monoisotopic (exact) mass is 338 g/mol. The van der Waals surface area contributed by atoms with E-state index in [0.717, 1.165) is 23.5 Å². The van der Waals surface area contributed by atoms with Crippen LogP contribution < -0.4 is 10.2 Å². The van der Waals surface area contributed by atoms with E-state index in [2.05, 4.69) is 5.32 Å². The van der Waals surface area contributed by atoms with Crippen molar-refractivity contribution in [2.45, 2.75) is 13.3 Å². The average molecular weight is 338 g/mol. The lowest BCUT2D eigenvalue weighted by Crippen LogP contribution is -2.31. The smallest absolute Gasteiger partial charge is 0.329 e. The van der Waals surface area contributed by atoms with Crippen LogP contribution in [0.2, 0.25) is 0 Å². The zero-order valence-corrected chi connectivity index (χ0v) is 14.7. The second kappa shape index (κ2) is 6.84. The van der Waals surface area contributed by atoms with E-state index in [1.165, 1.54) is 4.90 Å². The number of imide groups is 1. The van der Waals surface area contributed by atoms with Gasteiger partial charge in [0.1, 0.15) is 5.70 Å². The fourth-order valence-electron chi connectivity index (χ4n) is 2.80. The van der Waals surface area contributed by atoms with E-state index < -0.39 is 0 Å². The Hall–Kier alpha value is -3.02. The Morgan fingerprint density at radius 2 is 1.84 bits per heavy atom. The molecule has 6 nitrogen and oxygen atoms in total. The molecule has 0 saturated carbocycles. The third kappa shape index (κ3) is 3.28. The van der Waals surface area contributed by atoms with E-state index in [4.69, 9.17) is 0 Å². The highest BCUT2D eigenvalue weighted by atomic mass is 16.2. The predicted octanol–water partition coefficient (Wildman–Crippen LogP) is 2.85. The van der Waals surface area contributed by atoms with Crippen molar-refractivity contribution in [2.24, 2.45) is 0 Å². The molecule has 0 aliphatic carbocycles. The number of rotatable bonds is 5. The molecule has 0 spiro atoms. The van der Waals surface area contributed by atoms with E-state index in [0.29, 0.717) is 12.2 Å². The second-order valence-corrected chi connectivity index (χ2v) is 6.16. The Labute approximate surface area is 147 Å². The third-order valence-corrected chi connectivity index (χ3v) is 4.13. The summed E-state index contributed by atoms with van der Waals surface area (Å²) in [5.41, 5.74) is 3.25. The van der Waals surface area contributed by atoms with Crippen molar-refractivity contribution in [2.75, 3.05) is 25.5 Å². The van der Waals surface area contributed by atoms with Gasteiger partial charge >= 0.3 is 6.03 Å². The van der Waals surface area contributed by atoms with Crippen molar-refractivity contribution >= 4 is 23.7 Å². The van der Waals surface area contributed by atoms with Crippen molar-refractivity contribution < 1.29 is 9.59 Å². The molecule has 0 unspecified atom stereocenters. The maximum Gasteiger partial charge on any atom is 0.329 e. The summed E-state index contributed by atoms with van der Waals surface area (Å²) in [7, 11) is 3.99. The van der Waals surface area contributed by atoms with Crippen LogP contribution >= 0.6 is 0 Å². The first-order valence-corrected chi connectivity index (χ1v) is 8.31. The Kier molecular flexibility index (Phi) is 4.61. The van der Waals surface area contributed by atoms with Crippen LogP contribution in [0.25, 0.3) is 11.8 Å². The Bertz CT molecular complexity index is 818. The maximum absolute atomic E-state index is 12.4. The van der Waals surface area contributed by atoms with Gasteiger partial charge in [-0.15, -0.1) is 0 Å². The summed E-state index contributed by atoms with van der Waals surface area (Å²) in [6, 6.07) is 11.6. The largest absolute Gasteiger partial charge is 0.378 e. The second-order valence-electron chi connectivity index (χ2n) is 6.16. The number of anilines is 1. The Balaban J connectivity index is 1.90. The standard InChI is InChI=1S/C19H22N4O2/c1-4-11-23-18(24)17(20-19(23)25)13-16-6-5-12-22(16)15-9-7-14(8-10-15)21(2)3/h5-10,12-13H,4,11H2,1-3H3,(H,20,25)/b17-13+. The van der Waals surface area contributed by atoms with Crippen molar-refractivity contribution in [1.82, 2.24) is 14.8 Å². The summed E-state index contributed by atoms with van der Waals surface area (Å²) in [5, 5.41) is 2.66. The quantitative estimate of drug-likeness (QED) is 0.674. The molecular formula is C19H22N4O2. The minimum absolute atomic E-state index is 0.275. The molecule has 1 aliphatic heterocycles. The van der Waals surface area contributed by atoms with Gasteiger partial charge in [-0.2, -0.15) is 0 Å². The molecule has 2 heterocycles. The molecule has 1 aromatic heterocycles. The first kappa shape index (κ1) is 16.8. The SMILES string of the molecule is CCCN1C(=O)N/C(=C/c2cccn2-c2ccc(N(C)C)cc2)C1=O. The molecule has 6 heteroatoms. The molecule has 3 amide bonds. The molecular weight excluding hydrogens is 316 g/mol. The summed E-state index contributed by atoms with van der Waals surface area (Å²) in [6.07, 6.45) is 4.39. The lowest BCUT2D eigenvalue weighted by atomic mass is 10.2. The lowest BCUT2D eigenvalue weighted by molar-refractivity contribution is -0.122. The van der Waals surface area contributed by atoms with E-state index in [1.54, 1.807) is 6.08 Å². The highest BCUT2D eigenvalue weighted by Crippen LogP contribution is 2.20. The number of aromatic nitrogens is 1. The van der Waals surface area contributed by atoms with Gasteiger partial charge in [-0.1, -0.05) is 6.92 Å². The molecule has 1 aliphatic rings. The zero-order chi connectivity index (χ0) is 18.0. The van der Waals surface area contributed by atoms with Crippen molar-refractivity contribution in [3.63, 3.8) is 0 Å². The van der Waals surface area contributed by atoms with Crippen molar-refractivity contribution in [1.29, 1.82) is 0 Å². The molecule has 0 bridgehead atoms. The number of amides is 3. The normalized spacial score (nSPS) is 15.8. The molecule has 1 N–H and O–H groups in total. The van der Waals surface area contributed by atoms with Crippen LogP contribution in [-0.4, -0.2) is 42.0 Å². The van der Waals surface area contributed by atoms with E-state index in [9.17, 15) is 9.59 Å². The van der Waals surface area contributed by atoms with Gasteiger partial charge in [0.15, 0.2) is 0 Å². The molecule has 1 fully saturated rings. The number of hydrogen-bond donors (Lipinski definition) is 1. The molecule has 25 heavy (non-hydrogen) atoms.